The molecule has 1 unspecified atom stereocenters. The molecule has 2 aliphatic rings. The molecule has 0 radical (unpaired) electrons. The Morgan fingerprint density at radius 1 is 1.43 bits per heavy atom. The summed E-state index contributed by atoms with van der Waals surface area (Å²) >= 11 is 0. The first-order valence-electron chi connectivity index (χ1n) is 5.14. The summed E-state index contributed by atoms with van der Waals surface area (Å²) in [6.45, 7) is 0. The van der Waals surface area contributed by atoms with Gasteiger partial charge in [0, 0.05) is 5.22 Å². The van der Waals surface area contributed by atoms with Gasteiger partial charge in [-0.25, -0.2) is 0 Å². The van der Waals surface area contributed by atoms with Crippen molar-refractivity contribution in [2.75, 3.05) is 7.11 Å². The summed E-state index contributed by atoms with van der Waals surface area (Å²) in [5, 5.41) is 2.40. The minimum atomic E-state index is 0.460. The van der Waals surface area contributed by atoms with Crippen LogP contribution >= 0.6 is 0 Å². The average Bonchev–Trinajstić information content (AvgIpc) is 2.75. The van der Waals surface area contributed by atoms with Gasteiger partial charge < -0.3 is 4.74 Å². The topological polar surface area (TPSA) is 21.6 Å². The summed E-state index contributed by atoms with van der Waals surface area (Å²) in [6.07, 6.45) is 3.69. The lowest BCUT2D eigenvalue weighted by molar-refractivity contribution is 0.410. The molecule has 1 aliphatic heterocycles. The van der Waals surface area contributed by atoms with Gasteiger partial charge in [0.05, 0.1) is 18.5 Å². The first kappa shape index (κ1) is 8.04. The Bertz CT molecular complexity index is 490. The highest BCUT2D eigenvalue weighted by Crippen LogP contribution is 2.29. The number of hydrogen-bond acceptors (Lipinski definition) is 2. The molecule has 1 aromatic carbocycles. The fourth-order valence-corrected chi connectivity index (χ4v) is 2.55. The Morgan fingerprint density at radius 2 is 2.36 bits per heavy atom. The minimum absolute atomic E-state index is 0.460. The lowest BCUT2D eigenvalue weighted by Gasteiger charge is -2.01. The van der Waals surface area contributed by atoms with Crippen molar-refractivity contribution in [3.8, 4) is 5.75 Å². The van der Waals surface area contributed by atoms with E-state index in [0.717, 1.165) is 11.1 Å². The number of benzene rings is 1. The quantitative estimate of drug-likeness (QED) is 0.643. The van der Waals surface area contributed by atoms with E-state index < -0.39 is 0 Å². The van der Waals surface area contributed by atoms with Crippen LogP contribution in [-0.2, 0) is 0 Å². The maximum absolute atomic E-state index is 5.38. The molecule has 1 saturated carbocycles. The molecule has 0 aromatic heterocycles. The number of fused-ring (bicyclic) bond motifs is 2. The van der Waals surface area contributed by atoms with E-state index in [9.17, 15) is 0 Å². The van der Waals surface area contributed by atoms with Crippen molar-refractivity contribution in [3.05, 3.63) is 28.8 Å². The lowest BCUT2D eigenvalue weighted by Crippen LogP contribution is -2.24. The summed E-state index contributed by atoms with van der Waals surface area (Å²) in [4.78, 5) is 4.71. The minimum Gasteiger partial charge on any atom is -0.496 e. The molecule has 2 heteroatoms. The SMILES string of the molecule is COc1cccc2c1=C1CCCC1N=2. The second kappa shape index (κ2) is 2.84. The molecule has 2 nitrogen and oxygen atoms in total. The smallest absolute Gasteiger partial charge is 0.128 e. The number of ether oxygens (including phenoxy) is 1. The van der Waals surface area contributed by atoms with Crippen LogP contribution in [0, 0.1) is 0 Å². The summed E-state index contributed by atoms with van der Waals surface area (Å²) < 4.78 is 5.38. The molecule has 0 saturated heterocycles. The summed E-state index contributed by atoms with van der Waals surface area (Å²) in [5.41, 5.74) is 1.50. The Labute approximate surface area is 82.9 Å². The first-order chi connectivity index (χ1) is 6.90. The highest BCUT2D eigenvalue weighted by Gasteiger charge is 2.25. The van der Waals surface area contributed by atoms with E-state index in [2.05, 4.69) is 6.07 Å². The molecule has 1 aliphatic carbocycles. The van der Waals surface area contributed by atoms with E-state index in [-0.39, 0.29) is 0 Å². The molecule has 14 heavy (non-hydrogen) atoms. The van der Waals surface area contributed by atoms with Crippen LogP contribution in [0.1, 0.15) is 19.3 Å². The summed E-state index contributed by atoms with van der Waals surface area (Å²) in [6, 6.07) is 6.59. The van der Waals surface area contributed by atoms with Gasteiger partial charge in [0.1, 0.15) is 5.75 Å². The monoisotopic (exact) mass is 187 g/mol. The van der Waals surface area contributed by atoms with Crippen molar-refractivity contribution in [2.24, 2.45) is 4.99 Å². The van der Waals surface area contributed by atoms with Crippen molar-refractivity contribution in [1.29, 1.82) is 0 Å². The van der Waals surface area contributed by atoms with Crippen LogP contribution in [0.2, 0.25) is 0 Å². The van der Waals surface area contributed by atoms with Crippen LogP contribution in [0.15, 0.2) is 23.2 Å². The average molecular weight is 187 g/mol. The fraction of sp³-hybridized carbons (Fsp3) is 0.417. The van der Waals surface area contributed by atoms with Crippen LogP contribution in [0.5, 0.6) is 5.75 Å². The van der Waals surface area contributed by atoms with E-state index in [0.29, 0.717) is 6.04 Å². The third-order valence-electron chi connectivity index (χ3n) is 3.17. The standard InChI is InChI=1S/C12H13NO/c1-14-11-7-3-6-10-12(11)8-4-2-5-9(8)13-10/h3,6-7,9H,2,4-5H2,1H3. The Balaban J connectivity index is 2.39. The highest BCUT2D eigenvalue weighted by atomic mass is 16.5. The summed E-state index contributed by atoms with van der Waals surface area (Å²) in [7, 11) is 1.73. The maximum Gasteiger partial charge on any atom is 0.128 e. The molecule has 1 atom stereocenters. The van der Waals surface area contributed by atoms with Gasteiger partial charge in [0.15, 0.2) is 0 Å². The third kappa shape index (κ3) is 0.939. The van der Waals surface area contributed by atoms with Crippen LogP contribution in [0.25, 0.3) is 5.57 Å². The first-order valence-corrected chi connectivity index (χ1v) is 5.14. The zero-order valence-corrected chi connectivity index (χ0v) is 8.29. The predicted molar refractivity (Wildman–Crippen MR) is 54.8 cm³/mol. The fourth-order valence-electron chi connectivity index (χ4n) is 2.55. The van der Waals surface area contributed by atoms with Gasteiger partial charge >= 0.3 is 0 Å². The Hall–Kier alpha value is -1.31. The van der Waals surface area contributed by atoms with Crippen molar-refractivity contribution in [1.82, 2.24) is 0 Å². The molecular formula is C12H13NO. The number of rotatable bonds is 1. The number of nitrogens with zero attached hydrogens (tertiary/aromatic N) is 1. The largest absolute Gasteiger partial charge is 0.496 e. The Morgan fingerprint density at radius 3 is 3.21 bits per heavy atom. The normalized spacial score (nSPS) is 22.9. The van der Waals surface area contributed by atoms with Gasteiger partial charge in [-0.2, -0.15) is 0 Å². The van der Waals surface area contributed by atoms with E-state index >= 15 is 0 Å². The molecule has 0 N–H and O–H groups in total. The molecule has 1 aromatic rings. The molecule has 72 valence electrons. The van der Waals surface area contributed by atoms with Crippen molar-refractivity contribution >= 4 is 5.57 Å². The zero-order valence-electron chi connectivity index (χ0n) is 8.29. The second-order valence-corrected chi connectivity index (χ2v) is 3.92. The molecular weight excluding hydrogens is 174 g/mol. The maximum atomic E-state index is 5.38. The molecule has 1 heterocycles. The second-order valence-electron chi connectivity index (χ2n) is 3.92. The molecule has 0 bridgehead atoms. The van der Waals surface area contributed by atoms with Gasteiger partial charge in [0.25, 0.3) is 0 Å². The van der Waals surface area contributed by atoms with Crippen molar-refractivity contribution in [3.63, 3.8) is 0 Å². The molecule has 0 spiro atoms. The Kier molecular flexibility index (Phi) is 1.63. The lowest BCUT2D eigenvalue weighted by atomic mass is 10.1. The van der Waals surface area contributed by atoms with Gasteiger partial charge in [-0.3, -0.25) is 4.99 Å². The van der Waals surface area contributed by atoms with Gasteiger partial charge in [0.2, 0.25) is 0 Å². The number of methoxy groups -OCH3 is 1. The zero-order chi connectivity index (χ0) is 9.54. The van der Waals surface area contributed by atoms with E-state index in [1.54, 1.807) is 7.11 Å². The van der Waals surface area contributed by atoms with E-state index in [1.807, 2.05) is 12.1 Å². The van der Waals surface area contributed by atoms with Gasteiger partial charge in [-0.05, 0) is 37.0 Å². The highest BCUT2D eigenvalue weighted by molar-refractivity contribution is 5.58. The van der Waals surface area contributed by atoms with Crippen molar-refractivity contribution < 1.29 is 4.74 Å². The molecule has 3 rings (SSSR count). The van der Waals surface area contributed by atoms with Gasteiger partial charge in [-0.1, -0.05) is 6.07 Å². The third-order valence-corrected chi connectivity index (χ3v) is 3.17. The van der Waals surface area contributed by atoms with Crippen LogP contribution < -0.4 is 15.3 Å². The van der Waals surface area contributed by atoms with Crippen molar-refractivity contribution in [2.45, 2.75) is 25.3 Å². The van der Waals surface area contributed by atoms with Gasteiger partial charge in [-0.15, -0.1) is 0 Å². The summed E-state index contributed by atoms with van der Waals surface area (Å²) in [5.74, 6) is 0.991. The van der Waals surface area contributed by atoms with Crippen LogP contribution in [0.3, 0.4) is 0 Å². The number of hydrogen-bond donors (Lipinski definition) is 0. The van der Waals surface area contributed by atoms with Crippen LogP contribution in [0.4, 0.5) is 0 Å². The van der Waals surface area contributed by atoms with E-state index in [4.69, 9.17) is 9.73 Å². The molecule has 1 fully saturated rings. The predicted octanol–water partition coefficient (Wildman–Crippen LogP) is 1.03. The molecule has 0 amide bonds. The van der Waals surface area contributed by atoms with Crippen LogP contribution in [-0.4, -0.2) is 13.2 Å². The van der Waals surface area contributed by atoms with E-state index in [1.165, 1.54) is 30.1 Å².